The quantitative estimate of drug-likeness (QED) is 0.724. The number of sulfonamides is 1. The van der Waals surface area contributed by atoms with Gasteiger partial charge in [-0.3, -0.25) is 0 Å². The molecule has 1 aromatic carbocycles. The summed E-state index contributed by atoms with van der Waals surface area (Å²) >= 11 is 0. The average Bonchev–Trinajstić information content (AvgIpc) is 2.39. The second-order valence-corrected chi connectivity index (χ2v) is 6.33. The molecule has 1 aromatic rings. The highest BCUT2D eigenvalue weighted by molar-refractivity contribution is 7.88. The standard InChI is InChI=1S/C13H21NO4S/c1-3-18-9-8-14(2)19(16,17)11-13-6-4-12(10-15)5-7-13/h4-7,15H,3,8-11H2,1-2H3. The van der Waals surface area contributed by atoms with E-state index >= 15 is 0 Å². The topological polar surface area (TPSA) is 66.8 Å². The molecule has 0 unspecified atom stereocenters. The van der Waals surface area contributed by atoms with E-state index < -0.39 is 10.0 Å². The van der Waals surface area contributed by atoms with E-state index in [0.717, 1.165) is 5.56 Å². The van der Waals surface area contributed by atoms with Crippen LogP contribution in [0.2, 0.25) is 0 Å². The zero-order chi connectivity index (χ0) is 14.3. The largest absolute Gasteiger partial charge is 0.392 e. The maximum Gasteiger partial charge on any atom is 0.218 e. The van der Waals surface area contributed by atoms with E-state index in [9.17, 15) is 8.42 Å². The first-order chi connectivity index (χ1) is 8.99. The van der Waals surface area contributed by atoms with Crippen molar-refractivity contribution in [3.8, 4) is 0 Å². The number of aliphatic hydroxyl groups is 1. The van der Waals surface area contributed by atoms with E-state index in [2.05, 4.69) is 0 Å². The predicted octanol–water partition coefficient (Wildman–Crippen LogP) is 0.977. The van der Waals surface area contributed by atoms with E-state index in [0.29, 0.717) is 25.3 Å². The fourth-order valence-electron chi connectivity index (χ4n) is 1.54. The van der Waals surface area contributed by atoms with Crippen LogP contribution in [0.1, 0.15) is 18.1 Å². The fourth-order valence-corrected chi connectivity index (χ4v) is 2.73. The number of nitrogens with zero attached hydrogens (tertiary/aromatic N) is 1. The molecule has 0 bridgehead atoms. The van der Waals surface area contributed by atoms with Crippen molar-refractivity contribution in [3.63, 3.8) is 0 Å². The molecule has 0 spiro atoms. The van der Waals surface area contributed by atoms with Crippen LogP contribution in [-0.2, 0) is 27.1 Å². The molecule has 5 nitrogen and oxygen atoms in total. The fraction of sp³-hybridized carbons (Fsp3) is 0.538. The van der Waals surface area contributed by atoms with Crippen LogP contribution < -0.4 is 0 Å². The van der Waals surface area contributed by atoms with Crippen LogP contribution in [0.4, 0.5) is 0 Å². The molecule has 0 amide bonds. The minimum Gasteiger partial charge on any atom is -0.392 e. The van der Waals surface area contributed by atoms with Crippen LogP contribution in [0.25, 0.3) is 0 Å². The Morgan fingerprint density at radius 3 is 2.32 bits per heavy atom. The summed E-state index contributed by atoms with van der Waals surface area (Å²) in [5.74, 6) is -0.0403. The molecular weight excluding hydrogens is 266 g/mol. The summed E-state index contributed by atoms with van der Waals surface area (Å²) in [6, 6.07) is 6.90. The molecule has 0 aliphatic carbocycles. The van der Waals surface area contributed by atoms with Gasteiger partial charge in [0.2, 0.25) is 10.0 Å². The van der Waals surface area contributed by atoms with Crippen LogP contribution in [0.15, 0.2) is 24.3 Å². The van der Waals surface area contributed by atoms with Gasteiger partial charge in [-0.05, 0) is 18.1 Å². The summed E-state index contributed by atoms with van der Waals surface area (Å²) < 4.78 is 30.6. The van der Waals surface area contributed by atoms with Crippen molar-refractivity contribution in [3.05, 3.63) is 35.4 Å². The van der Waals surface area contributed by atoms with Gasteiger partial charge in [0, 0.05) is 20.2 Å². The lowest BCUT2D eigenvalue weighted by atomic mass is 10.2. The highest BCUT2D eigenvalue weighted by Crippen LogP contribution is 2.11. The average molecular weight is 287 g/mol. The number of likely N-dealkylation sites (N-methyl/N-ethyl adjacent to an activating group) is 1. The lowest BCUT2D eigenvalue weighted by Gasteiger charge is -2.17. The van der Waals surface area contributed by atoms with Crippen LogP contribution in [0, 0.1) is 0 Å². The minimum atomic E-state index is -3.32. The molecule has 0 aliphatic heterocycles. The summed E-state index contributed by atoms with van der Waals surface area (Å²) in [6.07, 6.45) is 0. The normalized spacial score (nSPS) is 12.0. The lowest BCUT2D eigenvalue weighted by Crippen LogP contribution is -2.31. The molecule has 0 atom stereocenters. The van der Waals surface area contributed by atoms with Crippen molar-refractivity contribution in [1.82, 2.24) is 4.31 Å². The second kappa shape index (κ2) is 7.59. The van der Waals surface area contributed by atoms with Crippen LogP contribution in [0.3, 0.4) is 0 Å². The van der Waals surface area contributed by atoms with Crippen molar-refractivity contribution >= 4 is 10.0 Å². The van der Waals surface area contributed by atoms with Crippen LogP contribution in [0.5, 0.6) is 0 Å². The SMILES string of the molecule is CCOCCN(C)S(=O)(=O)Cc1ccc(CO)cc1. The van der Waals surface area contributed by atoms with Gasteiger partial charge >= 0.3 is 0 Å². The molecule has 0 saturated heterocycles. The molecule has 0 aromatic heterocycles. The number of aliphatic hydroxyl groups excluding tert-OH is 1. The predicted molar refractivity (Wildman–Crippen MR) is 74.1 cm³/mol. The monoisotopic (exact) mass is 287 g/mol. The lowest BCUT2D eigenvalue weighted by molar-refractivity contribution is 0.138. The van der Waals surface area contributed by atoms with E-state index in [-0.39, 0.29) is 12.4 Å². The summed E-state index contributed by atoms with van der Waals surface area (Å²) in [6.45, 7) is 3.16. The number of rotatable bonds is 8. The van der Waals surface area contributed by atoms with E-state index in [4.69, 9.17) is 9.84 Å². The molecule has 0 heterocycles. The van der Waals surface area contributed by atoms with Crippen molar-refractivity contribution in [2.75, 3.05) is 26.8 Å². The van der Waals surface area contributed by atoms with Gasteiger partial charge in [-0.25, -0.2) is 12.7 Å². The molecular formula is C13H21NO4S. The van der Waals surface area contributed by atoms with Gasteiger partial charge in [0.1, 0.15) is 0 Å². The molecule has 1 rings (SSSR count). The molecule has 0 aliphatic rings. The first-order valence-corrected chi connectivity index (χ1v) is 7.81. The van der Waals surface area contributed by atoms with Gasteiger partial charge in [0.25, 0.3) is 0 Å². The first-order valence-electron chi connectivity index (χ1n) is 6.20. The third-order valence-corrected chi connectivity index (χ3v) is 4.61. The number of hydrogen-bond acceptors (Lipinski definition) is 4. The maximum atomic E-state index is 12.1. The smallest absolute Gasteiger partial charge is 0.218 e. The Labute approximate surface area is 114 Å². The highest BCUT2D eigenvalue weighted by Gasteiger charge is 2.18. The zero-order valence-corrected chi connectivity index (χ0v) is 12.2. The molecule has 108 valence electrons. The molecule has 19 heavy (non-hydrogen) atoms. The van der Waals surface area contributed by atoms with Gasteiger partial charge < -0.3 is 9.84 Å². The molecule has 6 heteroatoms. The second-order valence-electron chi connectivity index (χ2n) is 4.25. The Balaban J connectivity index is 2.62. The minimum absolute atomic E-state index is 0.0403. The van der Waals surface area contributed by atoms with Gasteiger partial charge in [-0.1, -0.05) is 24.3 Å². The van der Waals surface area contributed by atoms with E-state index in [1.165, 1.54) is 4.31 Å². The first kappa shape index (κ1) is 16.1. The Bertz CT molecular complexity index is 470. The zero-order valence-electron chi connectivity index (χ0n) is 11.4. The highest BCUT2D eigenvalue weighted by atomic mass is 32.2. The van der Waals surface area contributed by atoms with Gasteiger partial charge in [-0.2, -0.15) is 0 Å². The van der Waals surface area contributed by atoms with Gasteiger partial charge in [-0.15, -0.1) is 0 Å². The van der Waals surface area contributed by atoms with Crippen molar-refractivity contribution in [2.24, 2.45) is 0 Å². The van der Waals surface area contributed by atoms with Gasteiger partial charge in [0.05, 0.1) is 19.0 Å². The van der Waals surface area contributed by atoms with Crippen molar-refractivity contribution in [1.29, 1.82) is 0 Å². The van der Waals surface area contributed by atoms with Crippen molar-refractivity contribution < 1.29 is 18.3 Å². The summed E-state index contributed by atoms with van der Waals surface area (Å²) in [5.41, 5.74) is 1.48. The summed E-state index contributed by atoms with van der Waals surface area (Å²) in [4.78, 5) is 0. The van der Waals surface area contributed by atoms with E-state index in [1.54, 1.807) is 31.3 Å². The van der Waals surface area contributed by atoms with Crippen molar-refractivity contribution in [2.45, 2.75) is 19.3 Å². The van der Waals surface area contributed by atoms with Gasteiger partial charge in [0.15, 0.2) is 0 Å². The molecule has 0 saturated carbocycles. The van der Waals surface area contributed by atoms with Crippen LogP contribution in [-0.4, -0.2) is 44.6 Å². The number of hydrogen-bond donors (Lipinski definition) is 1. The summed E-state index contributed by atoms with van der Waals surface area (Å²) in [5, 5.41) is 8.93. The van der Waals surface area contributed by atoms with Crippen LogP contribution >= 0.6 is 0 Å². The molecule has 0 fully saturated rings. The Kier molecular flexibility index (Phi) is 6.44. The number of ether oxygens (including phenoxy) is 1. The third-order valence-electron chi connectivity index (χ3n) is 2.78. The number of benzene rings is 1. The maximum absolute atomic E-state index is 12.1. The Morgan fingerprint density at radius 2 is 1.79 bits per heavy atom. The Morgan fingerprint density at radius 1 is 1.21 bits per heavy atom. The summed E-state index contributed by atoms with van der Waals surface area (Å²) in [7, 11) is -1.77. The van der Waals surface area contributed by atoms with E-state index in [1.807, 2.05) is 6.92 Å². The molecule has 0 radical (unpaired) electrons. The Hall–Kier alpha value is -0.950. The molecule has 1 N–H and O–H groups in total. The third kappa shape index (κ3) is 5.28.